The number of amides is 2. The quantitative estimate of drug-likeness (QED) is 0.756. The normalized spacial score (nSPS) is 15.5. The van der Waals surface area contributed by atoms with Gasteiger partial charge in [-0.05, 0) is 34.1 Å². The highest BCUT2D eigenvalue weighted by Gasteiger charge is 2.35. The van der Waals surface area contributed by atoms with E-state index in [-0.39, 0.29) is 22.4 Å². The smallest absolute Gasteiger partial charge is 0.325 e. The first-order chi connectivity index (χ1) is 9.70. The van der Waals surface area contributed by atoms with Gasteiger partial charge < -0.3 is 4.84 Å². The predicted molar refractivity (Wildman–Crippen MR) is 65.6 cm³/mol. The molecule has 0 radical (unpaired) electrons. The molecule has 1 fully saturated rings. The van der Waals surface area contributed by atoms with E-state index < -0.39 is 35.1 Å². The zero-order valence-corrected chi connectivity index (χ0v) is 11.8. The summed E-state index contributed by atoms with van der Waals surface area (Å²) in [7, 11) is 0. The molecule has 0 saturated carbocycles. The molecule has 5 nitrogen and oxygen atoms in total. The van der Waals surface area contributed by atoms with Crippen molar-refractivity contribution in [2.45, 2.75) is 19.0 Å². The maximum Gasteiger partial charge on any atom is 0.416 e. The van der Waals surface area contributed by atoms with Crippen LogP contribution in [0.25, 0.3) is 0 Å². The second kappa shape index (κ2) is 5.47. The largest absolute Gasteiger partial charge is 0.416 e. The predicted octanol–water partition coefficient (Wildman–Crippen LogP) is 2.69. The van der Waals surface area contributed by atoms with Gasteiger partial charge in [-0.25, -0.2) is 4.79 Å². The molecule has 0 atom stereocenters. The number of alkyl halides is 3. The van der Waals surface area contributed by atoms with E-state index in [0.717, 1.165) is 12.1 Å². The highest BCUT2D eigenvalue weighted by molar-refractivity contribution is 9.10. The Balaban J connectivity index is 2.27. The maximum atomic E-state index is 12.6. The maximum absolute atomic E-state index is 12.6. The van der Waals surface area contributed by atoms with Crippen molar-refractivity contribution in [1.29, 1.82) is 0 Å². The van der Waals surface area contributed by atoms with Crippen LogP contribution in [0.2, 0.25) is 0 Å². The Morgan fingerprint density at radius 2 is 1.76 bits per heavy atom. The van der Waals surface area contributed by atoms with Crippen molar-refractivity contribution in [1.82, 2.24) is 5.06 Å². The number of hydrogen-bond donors (Lipinski definition) is 0. The molecule has 0 aromatic heterocycles. The highest BCUT2D eigenvalue weighted by atomic mass is 79.9. The van der Waals surface area contributed by atoms with E-state index in [1.807, 2.05) is 0 Å². The summed E-state index contributed by atoms with van der Waals surface area (Å²) in [6, 6.07) is 2.40. The molecular formula is C12H7BrF3NO4. The fourth-order valence-electron chi connectivity index (χ4n) is 1.65. The number of hydrogen-bond acceptors (Lipinski definition) is 4. The lowest BCUT2D eigenvalue weighted by molar-refractivity contribution is -0.172. The standard InChI is InChI=1S/C12H7BrF3NO4/c13-8-2-1-6(12(14,15)16)5-7(8)11(20)21-17-9(18)3-4-10(17)19/h1-2,5H,3-4H2. The minimum Gasteiger partial charge on any atom is -0.325 e. The fourth-order valence-corrected chi connectivity index (χ4v) is 2.06. The van der Waals surface area contributed by atoms with E-state index in [9.17, 15) is 27.6 Å². The van der Waals surface area contributed by atoms with Crippen LogP contribution in [0, 0.1) is 0 Å². The van der Waals surface area contributed by atoms with Crippen LogP contribution in [0.5, 0.6) is 0 Å². The van der Waals surface area contributed by atoms with Crippen molar-refractivity contribution in [3.63, 3.8) is 0 Å². The Labute approximate surface area is 124 Å². The Bertz CT molecular complexity index is 613. The third kappa shape index (κ3) is 3.23. The number of hydroxylamine groups is 2. The lowest BCUT2D eigenvalue weighted by Crippen LogP contribution is -2.32. The topological polar surface area (TPSA) is 63.7 Å². The van der Waals surface area contributed by atoms with Crippen LogP contribution in [0.1, 0.15) is 28.8 Å². The zero-order chi connectivity index (χ0) is 15.8. The van der Waals surface area contributed by atoms with Gasteiger partial charge in [0.15, 0.2) is 0 Å². The molecule has 0 unspecified atom stereocenters. The summed E-state index contributed by atoms with van der Waals surface area (Å²) in [5.41, 5.74) is -1.48. The van der Waals surface area contributed by atoms with E-state index in [0.29, 0.717) is 6.07 Å². The van der Waals surface area contributed by atoms with Crippen LogP contribution >= 0.6 is 15.9 Å². The van der Waals surface area contributed by atoms with Crippen LogP contribution in [0.3, 0.4) is 0 Å². The summed E-state index contributed by atoms with van der Waals surface area (Å²) in [6.07, 6.45) is -4.83. The van der Waals surface area contributed by atoms with E-state index in [4.69, 9.17) is 0 Å². The average Bonchev–Trinajstić information content (AvgIpc) is 2.69. The molecule has 0 spiro atoms. The minimum absolute atomic E-state index is 0.0552. The Kier molecular flexibility index (Phi) is 4.04. The fraction of sp³-hybridized carbons (Fsp3) is 0.250. The zero-order valence-electron chi connectivity index (χ0n) is 10.2. The molecule has 1 saturated heterocycles. The average molecular weight is 366 g/mol. The third-order valence-electron chi connectivity index (χ3n) is 2.69. The van der Waals surface area contributed by atoms with Gasteiger partial charge in [0.25, 0.3) is 11.8 Å². The summed E-state index contributed by atoms with van der Waals surface area (Å²) in [6.45, 7) is 0. The molecule has 1 heterocycles. The summed E-state index contributed by atoms with van der Waals surface area (Å²) in [5, 5.41) is 0.273. The van der Waals surface area contributed by atoms with E-state index >= 15 is 0 Å². The number of carbonyl (C=O) groups is 3. The van der Waals surface area contributed by atoms with Gasteiger partial charge in [0, 0.05) is 17.3 Å². The number of halogens is 4. The molecule has 21 heavy (non-hydrogen) atoms. The molecule has 2 amide bonds. The molecule has 9 heteroatoms. The van der Waals surface area contributed by atoms with Crippen molar-refractivity contribution in [3.8, 4) is 0 Å². The second-order valence-electron chi connectivity index (χ2n) is 4.15. The van der Waals surface area contributed by atoms with Gasteiger partial charge in [0.1, 0.15) is 0 Å². The van der Waals surface area contributed by atoms with Gasteiger partial charge in [-0.15, -0.1) is 5.06 Å². The molecule has 1 aliphatic heterocycles. The first-order valence-electron chi connectivity index (χ1n) is 5.65. The summed E-state index contributed by atoms with van der Waals surface area (Å²) in [4.78, 5) is 39.0. The first kappa shape index (κ1) is 15.5. The molecule has 2 rings (SSSR count). The van der Waals surface area contributed by atoms with Gasteiger partial charge in [0.2, 0.25) is 0 Å². The van der Waals surface area contributed by atoms with Crippen LogP contribution in [-0.2, 0) is 20.6 Å². The molecule has 112 valence electrons. The Hall–Kier alpha value is -1.90. The van der Waals surface area contributed by atoms with Crippen LogP contribution in [0.4, 0.5) is 13.2 Å². The van der Waals surface area contributed by atoms with Gasteiger partial charge >= 0.3 is 12.1 Å². The lowest BCUT2D eigenvalue weighted by atomic mass is 10.1. The van der Waals surface area contributed by atoms with E-state index in [2.05, 4.69) is 20.8 Å². The number of benzene rings is 1. The van der Waals surface area contributed by atoms with Crippen LogP contribution < -0.4 is 0 Å². The van der Waals surface area contributed by atoms with Crippen molar-refractivity contribution in [2.75, 3.05) is 0 Å². The molecule has 1 aromatic carbocycles. The lowest BCUT2D eigenvalue weighted by Gasteiger charge is -2.14. The minimum atomic E-state index is -4.63. The van der Waals surface area contributed by atoms with Gasteiger partial charge in [-0.2, -0.15) is 13.2 Å². The van der Waals surface area contributed by atoms with Crippen molar-refractivity contribution < 1.29 is 32.4 Å². The Morgan fingerprint density at radius 1 is 1.19 bits per heavy atom. The summed E-state index contributed by atoms with van der Waals surface area (Å²) < 4.78 is 37.9. The number of carbonyl (C=O) groups excluding carboxylic acids is 3. The molecule has 0 aliphatic carbocycles. The third-order valence-corrected chi connectivity index (χ3v) is 3.39. The van der Waals surface area contributed by atoms with E-state index in [1.54, 1.807) is 0 Å². The van der Waals surface area contributed by atoms with Crippen molar-refractivity contribution in [3.05, 3.63) is 33.8 Å². The monoisotopic (exact) mass is 365 g/mol. The Morgan fingerprint density at radius 3 is 2.29 bits per heavy atom. The summed E-state index contributed by atoms with van der Waals surface area (Å²) >= 11 is 2.92. The van der Waals surface area contributed by atoms with Gasteiger partial charge in [0.05, 0.1) is 11.1 Å². The van der Waals surface area contributed by atoms with Crippen molar-refractivity contribution >= 4 is 33.7 Å². The second-order valence-corrected chi connectivity index (χ2v) is 5.01. The molecular weight excluding hydrogens is 359 g/mol. The SMILES string of the molecule is O=C(ON1C(=O)CCC1=O)c1cc(C(F)(F)F)ccc1Br. The molecule has 0 bridgehead atoms. The first-order valence-corrected chi connectivity index (χ1v) is 6.44. The van der Waals surface area contributed by atoms with Crippen molar-refractivity contribution in [2.24, 2.45) is 0 Å². The number of nitrogens with zero attached hydrogens (tertiary/aromatic N) is 1. The van der Waals surface area contributed by atoms with E-state index in [1.165, 1.54) is 0 Å². The van der Waals surface area contributed by atoms with Crippen LogP contribution in [-0.4, -0.2) is 22.8 Å². The van der Waals surface area contributed by atoms with Crippen LogP contribution in [0.15, 0.2) is 22.7 Å². The van der Waals surface area contributed by atoms with Gasteiger partial charge in [-0.3, -0.25) is 9.59 Å². The molecule has 1 aromatic rings. The van der Waals surface area contributed by atoms with Gasteiger partial charge in [-0.1, -0.05) is 0 Å². The molecule has 1 aliphatic rings. The summed E-state index contributed by atoms with van der Waals surface area (Å²) in [5.74, 6) is -2.65. The highest BCUT2D eigenvalue weighted by Crippen LogP contribution is 2.32. The molecule has 0 N–H and O–H groups in total. The number of imide groups is 1. The number of rotatable bonds is 2.